The number of amides is 2. The fourth-order valence-electron chi connectivity index (χ4n) is 4.12. The summed E-state index contributed by atoms with van der Waals surface area (Å²) in [4.78, 5) is 53.9. The van der Waals surface area contributed by atoms with Crippen LogP contribution in [0.2, 0.25) is 0 Å². The van der Waals surface area contributed by atoms with Gasteiger partial charge in [0.05, 0.1) is 19.6 Å². The van der Waals surface area contributed by atoms with E-state index in [4.69, 9.17) is 5.73 Å². The van der Waals surface area contributed by atoms with Crippen LogP contribution in [0.3, 0.4) is 0 Å². The molecule has 0 aliphatic rings. The minimum atomic E-state index is -0.681. The molecule has 0 saturated heterocycles. The number of hydrogen-bond acceptors (Lipinski definition) is 6. The molecule has 0 unspecified atom stereocenters. The van der Waals surface area contributed by atoms with E-state index in [1.165, 1.54) is 9.47 Å². The van der Waals surface area contributed by atoms with Crippen LogP contribution in [0.1, 0.15) is 29.2 Å². The number of rotatable bonds is 9. The smallest absolute Gasteiger partial charge is 0.330 e. The first-order valence-corrected chi connectivity index (χ1v) is 11.7. The summed E-state index contributed by atoms with van der Waals surface area (Å²) in [5.41, 5.74) is 9.46. The van der Waals surface area contributed by atoms with Gasteiger partial charge in [0.25, 0.3) is 5.56 Å². The van der Waals surface area contributed by atoms with Crippen LogP contribution in [0.25, 0.3) is 0 Å². The van der Waals surface area contributed by atoms with E-state index in [0.717, 1.165) is 27.9 Å². The second kappa shape index (κ2) is 11.4. The first-order chi connectivity index (χ1) is 17.1. The number of nitrogens with zero attached hydrogens (tertiary/aromatic N) is 2. The summed E-state index contributed by atoms with van der Waals surface area (Å²) >= 11 is 0. The van der Waals surface area contributed by atoms with Crippen LogP contribution in [0, 0.1) is 20.8 Å². The molecule has 0 bridgehead atoms. The number of anilines is 3. The SMILES string of the molecule is CCN(CC(=O)NCC(=O)Nc1c(C)cc(C)cc1C)c1c(N)n(Cc2ccccc2)c(=O)[nH]c1=O. The molecule has 36 heavy (non-hydrogen) atoms. The zero-order chi connectivity index (χ0) is 26.4. The van der Waals surface area contributed by atoms with Crippen LogP contribution in [0.5, 0.6) is 0 Å². The molecule has 0 saturated carbocycles. The number of H-pyrrole nitrogens is 1. The Hall–Kier alpha value is -4.34. The van der Waals surface area contributed by atoms with Crippen LogP contribution >= 0.6 is 0 Å². The first kappa shape index (κ1) is 26.3. The van der Waals surface area contributed by atoms with Crippen molar-refractivity contribution in [3.05, 3.63) is 85.6 Å². The van der Waals surface area contributed by atoms with Crippen molar-refractivity contribution in [1.29, 1.82) is 0 Å². The number of nitrogens with one attached hydrogen (secondary N) is 3. The maximum Gasteiger partial charge on any atom is 0.330 e. The van der Waals surface area contributed by atoms with E-state index in [0.29, 0.717) is 0 Å². The van der Waals surface area contributed by atoms with Crippen LogP contribution in [-0.2, 0) is 16.1 Å². The Morgan fingerprint density at radius 1 is 1.03 bits per heavy atom. The minimum Gasteiger partial charge on any atom is -0.383 e. The fourth-order valence-corrected chi connectivity index (χ4v) is 4.12. The minimum absolute atomic E-state index is 0.0264. The zero-order valence-electron chi connectivity index (χ0n) is 21.0. The van der Waals surface area contributed by atoms with E-state index in [1.807, 2.05) is 63.2 Å². The average Bonchev–Trinajstić information content (AvgIpc) is 2.82. The Bertz CT molecular complexity index is 1350. The number of likely N-dealkylation sites (N-methyl/N-ethyl adjacent to an activating group) is 1. The Morgan fingerprint density at radius 3 is 2.28 bits per heavy atom. The normalized spacial score (nSPS) is 10.7. The maximum atomic E-state index is 12.6. The van der Waals surface area contributed by atoms with Crippen molar-refractivity contribution in [2.45, 2.75) is 34.2 Å². The van der Waals surface area contributed by atoms with Gasteiger partial charge in [-0.15, -0.1) is 0 Å². The molecule has 0 radical (unpaired) electrons. The molecule has 10 heteroatoms. The van der Waals surface area contributed by atoms with Crippen molar-refractivity contribution in [2.75, 3.05) is 35.6 Å². The summed E-state index contributed by atoms with van der Waals surface area (Å²) in [6.07, 6.45) is 0. The zero-order valence-corrected chi connectivity index (χ0v) is 21.0. The van der Waals surface area contributed by atoms with Crippen molar-refractivity contribution in [3.63, 3.8) is 0 Å². The monoisotopic (exact) mass is 492 g/mol. The number of aromatic nitrogens is 2. The molecule has 1 aromatic heterocycles. The summed E-state index contributed by atoms with van der Waals surface area (Å²) in [6, 6.07) is 13.2. The van der Waals surface area contributed by atoms with Crippen LogP contribution in [0.15, 0.2) is 52.1 Å². The molecule has 3 rings (SSSR count). The molecule has 190 valence electrons. The average molecular weight is 493 g/mol. The molecule has 1 heterocycles. The molecular weight excluding hydrogens is 460 g/mol. The van der Waals surface area contributed by atoms with Gasteiger partial charge in [0, 0.05) is 12.2 Å². The van der Waals surface area contributed by atoms with Crippen molar-refractivity contribution in [1.82, 2.24) is 14.9 Å². The predicted molar refractivity (Wildman–Crippen MR) is 141 cm³/mol. The van der Waals surface area contributed by atoms with E-state index >= 15 is 0 Å². The number of aryl methyl sites for hydroxylation is 3. The fraction of sp³-hybridized carbons (Fsp3) is 0.308. The highest BCUT2D eigenvalue weighted by Gasteiger charge is 2.20. The van der Waals surface area contributed by atoms with E-state index in [1.54, 1.807) is 6.92 Å². The lowest BCUT2D eigenvalue weighted by molar-refractivity contribution is -0.123. The Labute approximate surface area is 209 Å². The molecular formula is C26H32N6O4. The largest absolute Gasteiger partial charge is 0.383 e. The third-order valence-corrected chi connectivity index (χ3v) is 5.82. The molecule has 5 N–H and O–H groups in total. The summed E-state index contributed by atoms with van der Waals surface area (Å²) in [7, 11) is 0. The van der Waals surface area contributed by atoms with Gasteiger partial charge in [0.2, 0.25) is 11.8 Å². The summed E-state index contributed by atoms with van der Waals surface area (Å²) in [6.45, 7) is 7.55. The lowest BCUT2D eigenvalue weighted by Gasteiger charge is -2.24. The van der Waals surface area contributed by atoms with Gasteiger partial charge < -0.3 is 21.3 Å². The lowest BCUT2D eigenvalue weighted by Crippen LogP contribution is -2.44. The Balaban J connectivity index is 1.70. The van der Waals surface area contributed by atoms with Gasteiger partial charge >= 0.3 is 5.69 Å². The van der Waals surface area contributed by atoms with E-state index in [2.05, 4.69) is 15.6 Å². The number of aromatic amines is 1. The molecule has 3 aromatic rings. The molecule has 0 atom stereocenters. The highest BCUT2D eigenvalue weighted by atomic mass is 16.2. The Morgan fingerprint density at radius 2 is 1.67 bits per heavy atom. The second-order valence-corrected chi connectivity index (χ2v) is 8.68. The van der Waals surface area contributed by atoms with Crippen molar-refractivity contribution in [2.24, 2.45) is 0 Å². The van der Waals surface area contributed by atoms with Gasteiger partial charge in [0.15, 0.2) is 0 Å². The summed E-state index contributed by atoms with van der Waals surface area (Å²) in [5, 5.41) is 5.41. The van der Waals surface area contributed by atoms with Crippen molar-refractivity contribution in [3.8, 4) is 0 Å². The second-order valence-electron chi connectivity index (χ2n) is 8.68. The van der Waals surface area contributed by atoms with Gasteiger partial charge in [-0.25, -0.2) is 4.79 Å². The van der Waals surface area contributed by atoms with Gasteiger partial charge in [-0.2, -0.15) is 0 Å². The first-order valence-electron chi connectivity index (χ1n) is 11.7. The standard InChI is InChI=1S/C26H32N6O4/c1-5-31(15-21(34)28-13-20(33)29-22-17(3)11-16(2)12-18(22)4)23-24(27)32(26(36)30-25(23)35)14-19-9-7-6-8-10-19/h6-12H,5,13-15,27H2,1-4H3,(H,28,34)(H,29,33)(H,30,35,36). The number of carbonyl (C=O) groups excluding carboxylic acids is 2. The van der Waals surface area contributed by atoms with Crippen molar-refractivity contribution >= 4 is 29.0 Å². The van der Waals surface area contributed by atoms with Crippen molar-refractivity contribution < 1.29 is 9.59 Å². The molecule has 0 aliphatic heterocycles. The summed E-state index contributed by atoms with van der Waals surface area (Å²) in [5.74, 6) is -0.871. The van der Waals surface area contributed by atoms with Crippen LogP contribution < -0.4 is 32.5 Å². The molecule has 2 aromatic carbocycles. The van der Waals surface area contributed by atoms with E-state index in [-0.39, 0.29) is 43.6 Å². The van der Waals surface area contributed by atoms with E-state index < -0.39 is 17.2 Å². The molecule has 10 nitrogen and oxygen atoms in total. The quantitative estimate of drug-likeness (QED) is 0.358. The van der Waals surface area contributed by atoms with Gasteiger partial charge in [-0.3, -0.25) is 23.9 Å². The number of hydrogen-bond donors (Lipinski definition) is 4. The van der Waals surface area contributed by atoms with Crippen LogP contribution in [0.4, 0.5) is 17.2 Å². The van der Waals surface area contributed by atoms with Gasteiger partial charge in [0.1, 0.15) is 11.5 Å². The maximum absolute atomic E-state index is 12.6. The number of nitrogen functional groups attached to an aromatic ring is 1. The lowest BCUT2D eigenvalue weighted by atomic mass is 10.1. The highest BCUT2D eigenvalue weighted by Crippen LogP contribution is 2.21. The van der Waals surface area contributed by atoms with Crippen LogP contribution in [-0.4, -0.2) is 41.0 Å². The highest BCUT2D eigenvalue weighted by molar-refractivity contribution is 5.96. The third-order valence-electron chi connectivity index (χ3n) is 5.82. The number of carbonyl (C=O) groups is 2. The number of nitrogens with two attached hydrogens (primary N) is 1. The topological polar surface area (TPSA) is 142 Å². The molecule has 0 fully saturated rings. The third kappa shape index (κ3) is 6.21. The molecule has 0 aliphatic carbocycles. The summed E-state index contributed by atoms with van der Waals surface area (Å²) < 4.78 is 1.26. The van der Waals surface area contributed by atoms with E-state index in [9.17, 15) is 19.2 Å². The molecule has 2 amide bonds. The molecule has 0 spiro atoms. The van der Waals surface area contributed by atoms with Gasteiger partial charge in [-0.05, 0) is 44.4 Å². The van der Waals surface area contributed by atoms with Gasteiger partial charge in [-0.1, -0.05) is 48.0 Å². The number of benzene rings is 2. The Kier molecular flexibility index (Phi) is 8.31. The predicted octanol–water partition coefficient (Wildman–Crippen LogP) is 1.67.